The molecule has 0 aromatic rings. The molecule has 0 aliphatic carbocycles. The van der Waals surface area contributed by atoms with Crippen LogP contribution in [0.25, 0.3) is 0 Å². The van der Waals surface area contributed by atoms with Gasteiger partial charge in [0.1, 0.15) is 5.76 Å². The Morgan fingerprint density at radius 3 is 2.75 bits per heavy atom. The van der Waals surface area contributed by atoms with E-state index in [1.807, 2.05) is 0 Å². The molecule has 3 heteroatoms. The van der Waals surface area contributed by atoms with Crippen molar-refractivity contribution in [3.05, 3.63) is 11.8 Å². The Bertz CT molecular complexity index is 231. The molecule has 0 saturated heterocycles. The maximum absolute atomic E-state index is 5.82. The first-order chi connectivity index (χ1) is 7.53. The summed E-state index contributed by atoms with van der Waals surface area (Å²) in [5, 5.41) is 3.47. The van der Waals surface area contributed by atoms with E-state index < -0.39 is 0 Å². The molecule has 1 heterocycles. The third-order valence-corrected chi connectivity index (χ3v) is 2.40. The fourth-order valence-corrected chi connectivity index (χ4v) is 1.57. The molecule has 3 nitrogen and oxygen atoms in total. The van der Waals surface area contributed by atoms with Gasteiger partial charge in [0, 0.05) is 6.42 Å². The second-order valence-corrected chi connectivity index (χ2v) is 5.17. The number of hydrogen-bond donors (Lipinski definition) is 1. The second kappa shape index (κ2) is 6.26. The molecule has 16 heavy (non-hydrogen) atoms. The van der Waals surface area contributed by atoms with E-state index in [4.69, 9.17) is 9.47 Å². The molecular weight excluding hydrogens is 202 g/mol. The molecule has 94 valence electrons. The fourth-order valence-electron chi connectivity index (χ4n) is 1.57. The van der Waals surface area contributed by atoms with E-state index in [0.29, 0.717) is 6.61 Å². The van der Waals surface area contributed by atoms with Gasteiger partial charge in [-0.05, 0) is 39.8 Å². The van der Waals surface area contributed by atoms with Crippen LogP contribution in [0.4, 0.5) is 0 Å². The van der Waals surface area contributed by atoms with Gasteiger partial charge in [0.05, 0.1) is 24.9 Å². The molecule has 1 N–H and O–H groups in total. The van der Waals surface area contributed by atoms with Crippen molar-refractivity contribution in [2.75, 3.05) is 19.8 Å². The predicted octanol–water partition coefficient (Wildman–Crippen LogP) is 2.47. The summed E-state index contributed by atoms with van der Waals surface area (Å²) in [6.45, 7) is 10.9. The van der Waals surface area contributed by atoms with E-state index in [9.17, 15) is 0 Å². The quantitative estimate of drug-likeness (QED) is 0.756. The zero-order valence-electron chi connectivity index (χ0n) is 11.0. The molecule has 1 unspecified atom stereocenters. The summed E-state index contributed by atoms with van der Waals surface area (Å²) in [7, 11) is 0. The van der Waals surface area contributed by atoms with Crippen LogP contribution in [-0.4, -0.2) is 31.4 Å². The highest BCUT2D eigenvalue weighted by Crippen LogP contribution is 2.16. The van der Waals surface area contributed by atoms with Crippen molar-refractivity contribution in [2.45, 2.75) is 52.2 Å². The molecule has 0 saturated carbocycles. The first kappa shape index (κ1) is 13.5. The van der Waals surface area contributed by atoms with E-state index in [-0.39, 0.29) is 11.6 Å². The van der Waals surface area contributed by atoms with Gasteiger partial charge in [0.15, 0.2) is 0 Å². The first-order valence-electron chi connectivity index (χ1n) is 6.23. The van der Waals surface area contributed by atoms with Crippen LogP contribution in [0.3, 0.4) is 0 Å². The smallest absolute Gasteiger partial charge is 0.111 e. The topological polar surface area (TPSA) is 30.5 Å². The number of hydrogen-bond acceptors (Lipinski definition) is 3. The Balaban J connectivity index is 2.43. The van der Waals surface area contributed by atoms with Crippen molar-refractivity contribution in [1.29, 1.82) is 0 Å². The largest absolute Gasteiger partial charge is 0.496 e. The maximum Gasteiger partial charge on any atom is 0.111 e. The van der Waals surface area contributed by atoms with E-state index in [1.54, 1.807) is 0 Å². The van der Waals surface area contributed by atoms with Gasteiger partial charge in [-0.25, -0.2) is 0 Å². The Morgan fingerprint density at radius 1 is 1.50 bits per heavy atom. The third-order valence-electron chi connectivity index (χ3n) is 2.40. The van der Waals surface area contributed by atoms with Gasteiger partial charge in [-0.15, -0.1) is 0 Å². The summed E-state index contributed by atoms with van der Waals surface area (Å²) < 4.78 is 11.4. The minimum atomic E-state index is -0.0920. The average molecular weight is 227 g/mol. The fraction of sp³-hybridized carbons (Fsp3) is 0.846. The third kappa shape index (κ3) is 4.99. The number of ether oxygens (including phenoxy) is 2. The molecule has 1 atom stereocenters. The van der Waals surface area contributed by atoms with E-state index in [0.717, 1.165) is 31.8 Å². The van der Waals surface area contributed by atoms with Crippen molar-refractivity contribution in [1.82, 2.24) is 5.32 Å². The first-order valence-corrected chi connectivity index (χ1v) is 6.23. The summed E-state index contributed by atoms with van der Waals surface area (Å²) in [6.07, 6.45) is 4.31. The lowest BCUT2D eigenvalue weighted by molar-refractivity contribution is -0.0159. The van der Waals surface area contributed by atoms with Gasteiger partial charge in [-0.2, -0.15) is 0 Å². The highest BCUT2D eigenvalue weighted by Gasteiger charge is 2.21. The SMILES string of the molecule is CCCNC(COC(C)(C)C)C1=CCCO1. The Labute approximate surface area is 99.2 Å². The zero-order chi connectivity index (χ0) is 12.0. The van der Waals surface area contributed by atoms with Crippen LogP contribution in [0.15, 0.2) is 11.8 Å². The number of nitrogens with one attached hydrogen (secondary N) is 1. The van der Waals surface area contributed by atoms with Gasteiger partial charge >= 0.3 is 0 Å². The molecule has 0 fully saturated rings. The van der Waals surface area contributed by atoms with Crippen molar-refractivity contribution >= 4 is 0 Å². The zero-order valence-corrected chi connectivity index (χ0v) is 11.0. The van der Waals surface area contributed by atoms with E-state index >= 15 is 0 Å². The molecule has 1 aliphatic heterocycles. The molecule has 0 aromatic carbocycles. The van der Waals surface area contributed by atoms with Crippen LogP contribution in [0.1, 0.15) is 40.5 Å². The molecule has 1 aliphatic rings. The summed E-state index contributed by atoms with van der Waals surface area (Å²) in [6, 6.07) is 0.210. The Morgan fingerprint density at radius 2 is 2.25 bits per heavy atom. The van der Waals surface area contributed by atoms with E-state index in [1.165, 1.54) is 0 Å². The molecular formula is C13H25NO2. The van der Waals surface area contributed by atoms with Crippen molar-refractivity contribution in [3.8, 4) is 0 Å². The lowest BCUT2D eigenvalue weighted by Crippen LogP contribution is -2.38. The molecule has 0 amide bonds. The van der Waals surface area contributed by atoms with Crippen molar-refractivity contribution < 1.29 is 9.47 Å². The van der Waals surface area contributed by atoms with Crippen LogP contribution in [0.2, 0.25) is 0 Å². The lowest BCUT2D eigenvalue weighted by Gasteiger charge is -2.25. The molecule has 0 aromatic heterocycles. The highest BCUT2D eigenvalue weighted by atomic mass is 16.5. The minimum absolute atomic E-state index is 0.0920. The van der Waals surface area contributed by atoms with Gasteiger partial charge in [-0.3, -0.25) is 0 Å². The molecule has 0 spiro atoms. The van der Waals surface area contributed by atoms with E-state index in [2.05, 4.69) is 39.1 Å². The lowest BCUT2D eigenvalue weighted by atomic mass is 10.2. The van der Waals surface area contributed by atoms with Crippen molar-refractivity contribution in [2.24, 2.45) is 0 Å². The highest BCUT2D eigenvalue weighted by molar-refractivity contribution is 5.07. The van der Waals surface area contributed by atoms with Gasteiger partial charge in [0.2, 0.25) is 0 Å². The molecule has 0 bridgehead atoms. The summed E-state index contributed by atoms with van der Waals surface area (Å²) in [4.78, 5) is 0. The van der Waals surface area contributed by atoms with Gasteiger partial charge in [-0.1, -0.05) is 6.92 Å². The van der Waals surface area contributed by atoms with Crippen LogP contribution >= 0.6 is 0 Å². The van der Waals surface area contributed by atoms with Crippen molar-refractivity contribution in [3.63, 3.8) is 0 Å². The van der Waals surface area contributed by atoms with Gasteiger partial charge < -0.3 is 14.8 Å². The molecule has 0 radical (unpaired) electrons. The predicted molar refractivity (Wildman–Crippen MR) is 66.4 cm³/mol. The average Bonchev–Trinajstić information content (AvgIpc) is 2.69. The van der Waals surface area contributed by atoms with Gasteiger partial charge in [0.25, 0.3) is 0 Å². The summed E-state index contributed by atoms with van der Waals surface area (Å²) in [5.74, 6) is 1.05. The Kier molecular flexibility index (Phi) is 5.29. The Hall–Kier alpha value is -0.540. The summed E-state index contributed by atoms with van der Waals surface area (Å²) in [5.41, 5.74) is -0.0920. The molecule has 1 rings (SSSR count). The maximum atomic E-state index is 5.82. The second-order valence-electron chi connectivity index (χ2n) is 5.17. The normalized spacial score (nSPS) is 18.1. The van der Waals surface area contributed by atoms with Crippen LogP contribution in [0.5, 0.6) is 0 Å². The van der Waals surface area contributed by atoms with Crippen LogP contribution in [-0.2, 0) is 9.47 Å². The summed E-state index contributed by atoms with van der Waals surface area (Å²) >= 11 is 0. The van der Waals surface area contributed by atoms with Crippen LogP contribution in [0, 0.1) is 0 Å². The minimum Gasteiger partial charge on any atom is -0.496 e. The van der Waals surface area contributed by atoms with Crippen LogP contribution < -0.4 is 5.32 Å². The monoisotopic (exact) mass is 227 g/mol. The number of rotatable bonds is 6. The standard InChI is InChI=1S/C13H25NO2/c1-5-8-14-11(10-16-13(2,3)4)12-7-6-9-15-12/h7,11,14H,5-6,8-10H2,1-4H3.